The average molecular weight is 232 g/mol. The van der Waals surface area contributed by atoms with E-state index in [4.69, 9.17) is 0 Å². The van der Waals surface area contributed by atoms with Gasteiger partial charge in [0.15, 0.2) is 0 Å². The molecule has 1 N–H and O–H groups in total. The van der Waals surface area contributed by atoms with Crippen molar-refractivity contribution in [3.63, 3.8) is 0 Å². The van der Waals surface area contributed by atoms with Gasteiger partial charge in [0, 0.05) is 30.7 Å². The quantitative estimate of drug-likeness (QED) is 0.801. The maximum absolute atomic E-state index is 12.3. The minimum Gasteiger partial charge on any atom is -0.336 e. The van der Waals surface area contributed by atoms with Gasteiger partial charge in [0.05, 0.1) is 0 Å². The molecule has 92 valence electrons. The molecule has 0 aromatic heterocycles. The lowest BCUT2D eigenvalue weighted by atomic mass is 10.0. The lowest BCUT2D eigenvalue weighted by molar-refractivity contribution is 0.0652. The lowest BCUT2D eigenvalue weighted by Gasteiger charge is -2.39. The van der Waals surface area contributed by atoms with Crippen LogP contribution in [0.5, 0.6) is 0 Å². The van der Waals surface area contributed by atoms with E-state index >= 15 is 0 Å². The highest BCUT2D eigenvalue weighted by molar-refractivity contribution is 5.94. The molecule has 1 heterocycles. The van der Waals surface area contributed by atoms with Gasteiger partial charge in [0.25, 0.3) is 5.91 Å². The van der Waals surface area contributed by atoms with Gasteiger partial charge in [-0.25, -0.2) is 0 Å². The Morgan fingerprint density at radius 2 is 2.18 bits per heavy atom. The second-order valence-corrected chi connectivity index (χ2v) is 5.41. The zero-order chi connectivity index (χ0) is 12.5. The van der Waals surface area contributed by atoms with Gasteiger partial charge in [-0.3, -0.25) is 4.79 Å². The maximum atomic E-state index is 12.3. The number of benzene rings is 1. The summed E-state index contributed by atoms with van der Waals surface area (Å²) in [5.41, 5.74) is 1.94. The Morgan fingerprint density at radius 3 is 2.82 bits per heavy atom. The highest BCUT2D eigenvalue weighted by atomic mass is 16.2. The molecule has 0 radical (unpaired) electrons. The van der Waals surface area contributed by atoms with Crippen LogP contribution in [0, 0.1) is 6.92 Å². The molecule has 3 heteroatoms. The Kier molecular flexibility index (Phi) is 3.20. The summed E-state index contributed by atoms with van der Waals surface area (Å²) < 4.78 is 0. The lowest BCUT2D eigenvalue weighted by Crippen LogP contribution is -2.58. The van der Waals surface area contributed by atoms with Gasteiger partial charge in [0.1, 0.15) is 0 Å². The van der Waals surface area contributed by atoms with Crippen molar-refractivity contribution in [1.82, 2.24) is 10.2 Å². The summed E-state index contributed by atoms with van der Waals surface area (Å²) in [6.07, 6.45) is 0. The Labute approximate surface area is 103 Å². The molecule has 1 aromatic rings. The van der Waals surface area contributed by atoms with Crippen molar-refractivity contribution in [1.29, 1.82) is 0 Å². The van der Waals surface area contributed by atoms with Crippen LogP contribution in [0.25, 0.3) is 0 Å². The summed E-state index contributed by atoms with van der Waals surface area (Å²) >= 11 is 0. The first-order chi connectivity index (χ1) is 7.98. The van der Waals surface area contributed by atoms with Crippen LogP contribution >= 0.6 is 0 Å². The van der Waals surface area contributed by atoms with Crippen molar-refractivity contribution < 1.29 is 4.79 Å². The van der Waals surface area contributed by atoms with E-state index in [-0.39, 0.29) is 11.4 Å². The summed E-state index contributed by atoms with van der Waals surface area (Å²) in [6, 6.07) is 7.80. The zero-order valence-electron chi connectivity index (χ0n) is 10.8. The van der Waals surface area contributed by atoms with E-state index in [9.17, 15) is 4.79 Å². The van der Waals surface area contributed by atoms with Crippen LogP contribution in [0.3, 0.4) is 0 Å². The highest BCUT2D eigenvalue weighted by Crippen LogP contribution is 2.14. The molecule has 1 aliphatic rings. The summed E-state index contributed by atoms with van der Waals surface area (Å²) in [5.74, 6) is 0.142. The van der Waals surface area contributed by atoms with Crippen molar-refractivity contribution in [3.8, 4) is 0 Å². The van der Waals surface area contributed by atoms with Gasteiger partial charge in [-0.2, -0.15) is 0 Å². The Balaban J connectivity index is 2.15. The predicted molar refractivity (Wildman–Crippen MR) is 69.2 cm³/mol. The van der Waals surface area contributed by atoms with E-state index in [0.717, 1.165) is 30.8 Å². The average Bonchev–Trinajstić information content (AvgIpc) is 2.26. The van der Waals surface area contributed by atoms with Gasteiger partial charge in [-0.05, 0) is 32.9 Å². The first-order valence-electron chi connectivity index (χ1n) is 6.09. The molecule has 1 saturated heterocycles. The van der Waals surface area contributed by atoms with Gasteiger partial charge in [-0.15, -0.1) is 0 Å². The number of nitrogens with zero attached hydrogens (tertiary/aromatic N) is 1. The molecule has 1 aromatic carbocycles. The second kappa shape index (κ2) is 4.49. The summed E-state index contributed by atoms with van der Waals surface area (Å²) in [4.78, 5) is 14.3. The Hall–Kier alpha value is -1.35. The monoisotopic (exact) mass is 232 g/mol. The number of hydrogen-bond donors (Lipinski definition) is 1. The number of nitrogens with one attached hydrogen (secondary N) is 1. The number of rotatable bonds is 1. The zero-order valence-corrected chi connectivity index (χ0v) is 10.8. The molecule has 0 aliphatic carbocycles. The van der Waals surface area contributed by atoms with Crippen molar-refractivity contribution in [2.45, 2.75) is 26.3 Å². The molecule has 3 nitrogen and oxygen atoms in total. The van der Waals surface area contributed by atoms with Crippen LogP contribution in [-0.2, 0) is 0 Å². The normalized spacial score (nSPS) is 19.1. The first kappa shape index (κ1) is 12.1. The topological polar surface area (TPSA) is 32.3 Å². The third-order valence-electron chi connectivity index (χ3n) is 3.12. The number of carbonyl (C=O) groups excluding carboxylic acids is 1. The molecule has 0 saturated carbocycles. The van der Waals surface area contributed by atoms with Crippen LogP contribution in [-0.4, -0.2) is 36.0 Å². The van der Waals surface area contributed by atoms with Gasteiger partial charge < -0.3 is 10.2 Å². The van der Waals surface area contributed by atoms with E-state index in [1.165, 1.54) is 0 Å². The van der Waals surface area contributed by atoms with Gasteiger partial charge in [0.2, 0.25) is 0 Å². The summed E-state index contributed by atoms with van der Waals surface area (Å²) in [5, 5.41) is 3.41. The Bertz CT molecular complexity index is 426. The minimum absolute atomic E-state index is 0.0116. The van der Waals surface area contributed by atoms with E-state index in [1.54, 1.807) is 0 Å². The fraction of sp³-hybridized carbons (Fsp3) is 0.500. The van der Waals surface area contributed by atoms with Crippen LogP contribution < -0.4 is 5.32 Å². The molecule has 1 fully saturated rings. The smallest absolute Gasteiger partial charge is 0.253 e. The molecule has 1 aliphatic heterocycles. The third-order valence-corrected chi connectivity index (χ3v) is 3.12. The van der Waals surface area contributed by atoms with Crippen molar-refractivity contribution in [3.05, 3.63) is 35.4 Å². The first-order valence-corrected chi connectivity index (χ1v) is 6.09. The van der Waals surface area contributed by atoms with Crippen molar-refractivity contribution in [2.75, 3.05) is 19.6 Å². The van der Waals surface area contributed by atoms with E-state index in [1.807, 2.05) is 36.1 Å². The highest BCUT2D eigenvalue weighted by Gasteiger charge is 2.28. The van der Waals surface area contributed by atoms with Crippen molar-refractivity contribution >= 4 is 5.91 Å². The molecule has 0 unspecified atom stereocenters. The van der Waals surface area contributed by atoms with E-state index in [0.29, 0.717) is 0 Å². The van der Waals surface area contributed by atoms with Gasteiger partial charge >= 0.3 is 0 Å². The third kappa shape index (κ3) is 2.86. The standard InChI is InChI=1S/C14H20N2O/c1-11-5-4-6-12(9-11)13(17)16-8-7-15-14(2,3)10-16/h4-6,9,15H,7-8,10H2,1-3H3. The van der Waals surface area contributed by atoms with E-state index < -0.39 is 0 Å². The molecule has 0 bridgehead atoms. The van der Waals surface area contributed by atoms with Crippen LogP contribution in [0.15, 0.2) is 24.3 Å². The van der Waals surface area contributed by atoms with E-state index in [2.05, 4.69) is 19.2 Å². The number of aryl methyl sites for hydroxylation is 1. The molecule has 0 atom stereocenters. The molecule has 17 heavy (non-hydrogen) atoms. The fourth-order valence-corrected chi connectivity index (χ4v) is 2.28. The fourth-order valence-electron chi connectivity index (χ4n) is 2.28. The van der Waals surface area contributed by atoms with Gasteiger partial charge in [-0.1, -0.05) is 17.7 Å². The molecular formula is C14H20N2O. The predicted octanol–water partition coefficient (Wildman–Crippen LogP) is 1.82. The molecule has 0 spiro atoms. The van der Waals surface area contributed by atoms with Crippen LogP contribution in [0.4, 0.5) is 0 Å². The minimum atomic E-state index is 0.0116. The number of piperazine rings is 1. The van der Waals surface area contributed by atoms with Crippen molar-refractivity contribution in [2.24, 2.45) is 0 Å². The second-order valence-electron chi connectivity index (χ2n) is 5.41. The molecule has 2 rings (SSSR count). The number of hydrogen-bond acceptors (Lipinski definition) is 2. The number of amides is 1. The molecule has 1 amide bonds. The SMILES string of the molecule is Cc1cccc(C(=O)N2CCNC(C)(C)C2)c1. The Morgan fingerprint density at radius 1 is 1.41 bits per heavy atom. The maximum Gasteiger partial charge on any atom is 0.253 e. The largest absolute Gasteiger partial charge is 0.336 e. The van der Waals surface area contributed by atoms with Crippen LogP contribution in [0.2, 0.25) is 0 Å². The summed E-state index contributed by atoms with van der Waals surface area (Å²) in [6.45, 7) is 8.68. The summed E-state index contributed by atoms with van der Waals surface area (Å²) in [7, 11) is 0. The number of carbonyl (C=O) groups is 1. The molecular weight excluding hydrogens is 212 g/mol. The van der Waals surface area contributed by atoms with Crippen LogP contribution in [0.1, 0.15) is 29.8 Å².